The van der Waals surface area contributed by atoms with E-state index in [1.165, 1.54) is 10.5 Å². The van der Waals surface area contributed by atoms with Gasteiger partial charge in [0.15, 0.2) is 0 Å². The van der Waals surface area contributed by atoms with Gasteiger partial charge in [0.1, 0.15) is 0 Å². The van der Waals surface area contributed by atoms with Gasteiger partial charge in [-0.3, -0.25) is 0 Å². The zero-order chi connectivity index (χ0) is 13.8. The smallest absolute Gasteiger partial charge is 0.0381 e. The van der Waals surface area contributed by atoms with Crippen molar-refractivity contribution in [1.82, 2.24) is 5.32 Å². The third-order valence-electron chi connectivity index (χ3n) is 3.18. The molecule has 3 heteroatoms. The summed E-state index contributed by atoms with van der Waals surface area (Å²) in [5.41, 5.74) is 7.24. The lowest BCUT2D eigenvalue weighted by molar-refractivity contribution is 0.265. The van der Waals surface area contributed by atoms with Gasteiger partial charge in [0.25, 0.3) is 0 Å². The lowest BCUT2D eigenvalue weighted by Gasteiger charge is -2.33. The second-order valence-electron chi connectivity index (χ2n) is 5.65. The normalized spacial score (nSPS) is 13.9. The predicted octanol–water partition coefficient (Wildman–Crippen LogP) is 3.43. The molecular weight excluding hydrogens is 240 g/mol. The Kier molecular flexibility index (Phi) is 5.70. The Bertz CT molecular complexity index is 357. The van der Waals surface area contributed by atoms with E-state index in [1.807, 2.05) is 18.8 Å². The Morgan fingerprint density at radius 1 is 1.22 bits per heavy atom. The first-order chi connectivity index (χ1) is 8.40. The fourth-order valence-electron chi connectivity index (χ4n) is 2.14. The van der Waals surface area contributed by atoms with Crippen molar-refractivity contribution in [2.24, 2.45) is 11.1 Å². The van der Waals surface area contributed by atoms with Crippen molar-refractivity contribution in [3.63, 3.8) is 0 Å². The number of rotatable bonds is 6. The van der Waals surface area contributed by atoms with Gasteiger partial charge in [-0.05, 0) is 36.7 Å². The van der Waals surface area contributed by atoms with Crippen molar-refractivity contribution >= 4 is 11.8 Å². The van der Waals surface area contributed by atoms with Crippen molar-refractivity contribution in [2.75, 3.05) is 13.6 Å². The molecule has 0 aliphatic carbocycles. The molecule has 3 N–H and O–H groups in total. The van der Waals surface area contributed by atoms with Crippen LogP contribution in [0.5, 0.6) is 0 Å². The molecule has 0 heterocycles. The van der Waals surface area contributed by atoms with E-state index in [0.717, 1.165) is 0 Å². The Morgan fingerprint density at radius 2 is 1.78 bits per heavy atom. The van der Waals surface area contributed by atoms with Crippen molar-refractivity contribution in [3.8, 4) is 0 Å². The predicted molar refractivity (Wildman–Crippen MR) is 82.1 cm³/mol. The summed E-state index contributed by atoms with van der Waals surface area (Å²) in [4.78, 5) is 1.33. The van der Waals surface area contributed by atoms with Crippen LogP contribution in [0.15, 0.2) is 29.2 Å². The summed E-state index contributed by atoms with van der Waals surface area (Å²) in [6.45, 7) is 9.50. The first kappa shape index (κ1) is 15.5. The molecule has 0 saturated heterocycles. The largest absolute Gasteiger partial charge is 0.330 e. The average Bonchev–Trinajstić information content (AvgIpc) is 2.31. The van der Waals surface area contributed by atoms with Gasteiger partial charge in [-0.1, -0.05) is 39.8 Å². The Morgan fingerprint density at radius 3 is 2.17 bits per heavy atom. The van der Waals surface area contributed by atoms with Crippen LogP contribution in [0.1, 0.15) is 39.3 Å². The monoisotopic (exact) mass is 266 g/mol. The maximum Gasteiger partial charge on any atom is 0.0381 e. The standard InChI is InChI=1S/C15H26N2S/c1-11(2)18-13-8-6-12(7-9-13)14(17-5)15(3,4)10-16/h6-9,11,14,17H,10,16H2,1-5H3. The van der Waals surface area contributed by atoms with Crippen LogP contribution in [-0.4, -0.2) is 18.8 Å². The Balaban J connectivity index is 2.89. The van der Waals surface area contributed by atoms with E-state index in [0.29, 0.717) is 17.8 Å². The molecule has 0 saturated carbocycles. The fraction of sp³-hybridized carbons (Fsp3) is 0.600. The van der Waals surface area contributed by atoms with Gasteiger partial charge in [-0.2, -0.15) is 0 Å². The molecule has 0 bridgehead atoms. The summed E-state index contributed by atoms with van der Waals surface area (Å²) >= 11 is 1.89. The van der Waals surface area contributed by atoms with Gasteiger partial charge >= 0.3 is 0 Å². The molecule has 0 aliphatic heterocycles. The van der Waals surface area contributed by atoms with E-state index in [2.05, 4.69) is 57.3 Å². The molecule has 1 aromatic carbocycles. The molecule has 1 unspecified atom stereocenters. The van der Waals surface area contributed by atoms with Crippen LogP contribution >= 0.6 is 11.8 Å². The number of benzene rings is 1. The minimum Gasteiger partial charge on any atom is -0.330 e. The summed E-state index contributed by atoms with van der Waals surface area (Å²) in [5, 5.41) is 4.00. The first-order valence-corrected chi connectivity index (χ1v) is 7.42. The van der Waals surface area contributed by atoms with Crippen LogP contribution in [0.4, 0.5) is 0 Å². The van der Waals surface area contributed by atoms with Crippen LogP contribution in [0, 0.1) is 5.41 Å². The second kappa shape index (κ2) is 6.60. The maximum atomic E-state index is 5.87. The number of nitrogens with one attached hydrogen (secondary N) is 1. The highest BCUT2D eigenvalue weighted by molar-refractivity contribution is 7.99. The molecule has 0 fully saturated rings. The molecule has 0 aromatic heterocycles. The lowest BCUT2D eigenvalue weighted by Crippen LogP contribution is -2.37. The van der Waals surface area contributed by atoms with E-state index in [4.69, 9.17) is 5.73 Å². The first-order valence-electron chi connectivity index (χ1n) is 6.54. The number of hydrogen-bond acceptors (Lipinski definition) is 3. The highest BCUT2D eigenvalue weighted by Crippen LogP contribution is 2.33. The summed E-state index contributed by atoms with van der Waals surface area (Å²) in [7, 11) is 2.00. The van der Waals surface area contributed by atoms with E-state index in [-0.39, 0.29) is 5.41 Å². The Hall–Kier alpha value is -0.510. The van der Waals surface area contributed by atoms with E-state index < -0.39 is 0 Å². The fourth-order valence-corrected chi connectivity index (χ4v) is 2.97. The van der Waals surface area contributed by atoms with E-state index >= 15 is 0 Å². The van der Waals surface area contributed by atoms with Crippen LogP contribution < -0.4 is 11.1 Å². The van der Waals surface area contributed by atoms with Crippen molar-refractivity contribution < 1.29 is 0 Å². The van der Waals surface area contributed by atoms with Crippen molar-refractivity contribution in [2.45, 2.75) is 43.9 Å². The number of nitrogens with two attached hydrogens (primary N) is 1. The average molecular weight is 266 g/mol. The minimum absolute atomic E-state index is 0.0570. The SMILES string of the molecule is CNC(c1ccc(SC(C)C)cc1)C(C)(C)CN. The highest BCUT2D eigenvalue weighted by Gasteiger charge is 2.28. The topological polar surface area (TPSA) is 38.0 Å². The molecule has 0 radical (unpaired) electrons. The number of hydrogen-bond donors (Lipinski definition) is 2. The molecule has 0 spiro atoms. The second-order valence-corrected chi connectivity index (χ2v) is 7.30. The summed E-state index contributed by atoms with van der Waals surface area (Å²) in [6.07, 6.45) is 0. The quantitative estimate of drug-likeness (QED) is 0.775. The molecule has 1 rings (SSSR count). The highest BCUT2D eigenvalue weighted by atomic mass is 32.2. The molecule has 2 nitrogen and oxygen atoms in total. The van der Waals surface area contributed by atoms with Gasteiger partial charge in [-0.25, -0.2) is 0 Å². The van der Waals surface area contributed by atoms with Gasteiger partial charge in [0.05, 0.1) is 0 Å². The zero-order valence-corrected chi connectivity index (χ0v) is 13.0. The molecule has 18 heavy (non-hydrogen) atoms. The third kappa shape index (κ3) is 4.01. The molecule has 0 aliphatic rings. The van der Waals surface area contributed by atoms with Crippen molar-refractivity contribution in [3.05, 3.63) is 29.8 Å². The zero-order valence-electron chi connectivity index (χ0n) is 12.2. The molecule has 1 aromatic rings. The Labute approximate surface area is 116 Å². The van der Waals surface area contributed by atoms with E-state index in [1.54, 1.807) is 0 Å². The van der Waals surface area contributed by atoms with Gasteiger partial charge in [0, 0.05) is 16.2 Å². The van der Waals surface area contributed by atoms with Gasteiger partial charge in [0.2, 0.25) is 0 Å². The molecular formula is C15H26N2S. The summed E-state index contributed by atoms with van der Waals surface area (Å²) in [5.74, 6) is 0. The van der Waals surface area contributed by atoms with Crippen LogP contribution in [0.2, 0.25) is 0 Å². The lowest BCUT2D eigenvalue weighted by atomic mass is 9.80. The van der Waals surface area contributed by atoms with E-state index in [9.17, 15) is 0 Å². The third-order valence-corrected chi connectivity index (χ3v) is 4.20. The maximum absolute atomic E-state index is 5.87. The van der Waals surface area contributed by atoms with Gasteiger partial charge < -0.3 is 11.1 Å². The van der Waals surface area contributed by atoms with Gasteiger partial charge in [-0.15, -0.1) is 11.8 Å². The number of thioether (sulfide) groups is 1. The van der Waals surface area contributed by atoms with Crippen molar-refractivity contribution in [1.29, 1.82) is 0 Å². The molecule has 102 valence electrons. The van der Waals surface area contributed by atoms with Crippen LogP contribution in [0.25, 0.3) is 0 Å². The summed E-state index contributed by atoms with van der Waals surface area (Å²) in [6, 6.07) is 9.13. The molecule has 0 amide bonds. The van der Waals surface area contributed by atoms with Crippen LogP contribution in [0.3, 0.4) is 0 Å². The van der Waals surface area contributed by atoms with Crippen LogP contribution in [-0.2, 0) is 0 Å². The summed E-state index contributed by atoms with van der Waals surface area (Å²) < 4.78 is 0. The molecule has 1 atom stereocenters. The minimum atomic E-state index is 0.0570.